The van der Waals surface area contributed by atoms with E-state index in [1.807, 2.05) is 0 Å². The standard InChI is InChI=1S/C14H7BrClNO5S/c15-9-5-12(14(16)17-7-9)23(19,20)22-10-3-1-8-2-4-13(18)21-11(8)6-10/h1-7H. The Morgan fingerprint density at radius 1 is 1.17 bits per heavy atom. The second-order valence-electron chi connectivity index (χ2n) is 4.43. The van der Waals surface area contributed by atoms with Gasteiger partial charge in [-0.05, 0) is 40.2 Å². The first kappa shape index (κ1) is 16.0. The monoisotopic (exact) mass is 415 g/mol. The van der Waals surface area contributed by atoms with Crippen molar-refractivity contribution in [1.82, 2.24) is 4.98 Å². The fourth-order valence-corrected chi connectivity index (χ4v) is 3.69. The van der Waals surface area contributed by atoms with Gasteiger partial charge in [-0.25, -0.2) is 9.78 Å². The van der Waals surface area contributed by atoms with E-state index in [0.29, 0.717) is 9.86 Å². The zero-order valence-corrected chi connectivity index (χ0v) is 14.4. The third-order valence-corrected chi connectivity index (χ3v) is 4.95. The first-order chi connectivity index (χ1) is 10.8. The summed E-state index contributed by atoms with van der Waals surface area (Å²) in [5.41, 5.74) is -0.333. The highest BCUT2D eigenvalue weighted by Crippen LogP contribution is 2.27. The summed E-state index contributed by atoms with van der Waals surface area (Å²) in [6.45, 7) is 0. The molecule has 23 heavy (non-hydrogen) atoms. The molecule has 1 aromatic carbocycles. The summed E-state index contributed by atoms with van der Waals surface area (Å²) >= 11 is 8.94. The fraction of sp³-hybridized carbons (Fsp3) is 0. The van der Waals surface area contributed by atoms with Crippen LogP contribution in [0.1, 0.15) is 0 Å². The normalized spacial score (nSPS) is 11.6. The summed E-state index contributed by atoms with van der Waals surface area (Å²) < 4.78 is 35.1. The first-order valence-electron chi connectivity index (χ1n) is 6.15. The maximum absolute atomic E-state index is 12.3. The van der Waals surface area contributed by atoms with Crippen LogP contribution in [0.5, 0.6) is 5.75 Å². The van der Waals surface area contributed by atoms with Crippen LogP contribution in [-0.4, -0.2) is 13.4 Å². The minimum atomic E-state index is -4.19. The molecule has 2 aromatic heterocycles. The third-order valence-electron chi connectivity index (χ3n) is 2.84. The fourth-order valence-electron chi connectivity index (χ4n) is 1.84. The molecule has 0 saturated carbocycles. The van der Waals surface area contributed by atoms with Gasteiger partial charge in [0.05, 0.1) is 0 Å². The molecule has 0 bridgehead atoms. The second-order valence-corrected chi connectivity index (χ2v) is 7.22. The number of nitrogens with zero attached hydrogens (tertiary/aromatic N) is 1. The highest BCUT2D eigenvalue weighted by Gasteiger charge is 2.22. The van der Waals surface area contributed by atoms with Crippen LogP contribution in [0.4, 0.5) is 0 Å². The molecule has 3 rings (SSSR count). The average molecular weight is 417 g/mol. The van der Waals surface area contributed by atoms with Crippen LogP contribution in [0, 0.1) is 0 Å². The van der Waals surface area contributed by atoms with Crippen LogP contribution >= 0.6 is 27.5 Å². The number of hydrogen-bond acceptors (Lipinski definition) is 6. The number of fused-ring (bicyclic) bond motifs is 1. The Morgan fingerprint density at radius 3 is 2.70 bits per heavy atom. The van der Waals surface area contributed by atoms with Crippen molar-refractivity contribution in [2.24, 2.45) is 0 Å². The van der Waals surface area contributed by atoms with E-state index >= 15 is 0 Å². The van der Waals surface area contributed by atoms with Gasteiger partial charge in [0, 0.05) is 28.2 Å². The van der Waals surface area contributed by atoms with Gasteiger partial charge in [0.25, 0.3) is 0 Å². The molecule has 0 amide bonds. The highest BCUT2D eigenvalue weighted by atomic mass is 79.9. The predicted molar refractivity (Wildman–Crippen MR) is 87.2 cm³/mol. The van der Waals surface area contributed by atoms with E-state index in [0.717, 1.165) is 0 Å². The minimum absolute atomic E-state index is 0.0112. The summed E-state index contributed by atoms with van der Waals surface area (Å²) in [6.07, 6.45) is 1.37. The van der Waals surface area contributed by atoms with Gasteiger partial charge in [-0.3, -0.25) is 0 Å². The summed E-state index contributed by atoms with van der Waals surface area (Å²) in [7, 11) is -4.19. The molecule has 0 radical (unpaired) electrons. The topological polar surface area (TPSA) is 86.5 Å². The lowest BCUT2D eigenvalue weighted by Crippen LogP contribution is -2.11. The van der Waals surface area contributed by atoms with E-state index in [9.17, 15) is 13.2 Å². The number of benzene rings is 1. The van der Waals surface area contributed by atoms with Crippen molar-refractivity contribution >= 4 is 48.6 Å². The van der Waals surface area contributed by atoms with Gasteiger partial charge in [0.15, 0.2) is 5.15 Å². The van der Waals surface area contributed by atoms with E-state index < -0.39 is 15.7 Å². The molecule has 118 valence electrons. The van der Waals surface area contributed by atoms with Crippen molar-refractivity contribution < 1.29 is 17.0 Å². The molecule has 0 unspecified atom stereocenters. The van der Waals surface area contributed by atoms with Crippen molar-refractivity contribution in [2.75, 3.05) is 0 Å². The smallest absolute Gasteiger partial charge is 0.342 e. The molecule has 0 saturated heterocycles. The molecule has 3 aromatic rings. The van der Waals surface area contributed by atoms with Gasteiger partial charge >= 0.3 is 15.7 Å². The quantitative estimate of drug-likeness (QED) is 0.370. The predicted octanol–water partition coefficient (Wildman–Crippen LogP) is 3.37. The third kappa shape index (κ3) is 3.39. The zero-order valence-electron chi connectivity index (χ0n) is 11.2. The minimum Gasteiger partial charge on any atom is -0.423 e. The van der Waals surface area contributed by atoms with Gasteiger partial charge in [-0.1, -0.05) is 11.6 Å². The van der Waals surface area contributed by atoms with E-state index in [-0.39, 0.29) is 21.4 Å². The van der Waals surface area contributed by atoms with Crippen molar-refractivity contribution in [3.8, 4) is 5.75 Å². The maximum atomic E-state index is 12.3. The molecule has 0 fully saturated rings. The van der Waals surface area contributed by atoms with Gasteiger partial charge in [0.1, 0.15) is 16.2 Å². The van der Waals surface area contributed by atoms with Crippen LogP contribution in [-0.2, 0) is 10.1 Å². The van der Waals surface area contributed by atoms with Crippen LogP contribution in [0.3, 0.4) is 0 Å². The maximum Gasteiger partial charge on any atom is 0.342 e. The Hall–Kier alpha value is -1.90. The lowest BCUT2D eigenvalue weighted by molar-refractivity contribution is 0.484. The number of halogens is 2. The number of hydrogen-bond donors (Lipinski definition) is 0. The Labute approximate surface area is 143 Å². The second kappa shape index (κ2) is 5.95. The molecular formula is C14H7BrClNO5S. The summed E-state index contributed by atoms with van der Waals surface area (Å²) in [6, 6.07) is 8.45. The number of aromatic nitrogens is 1. The SMILES string of the molecule is O=c1ccc2ccc(OS(=O)(=O)c3cc(Br)cnc3Cl)cc2o1. The van der Waals surface area contributed by atoms with E-state index in [4.69, 9.17) is 20.2 Å². The molecule has 0 aliphatic heterocycles. The highest BCUT2D eigenvalue weighted by molar-refractivity contribution is 9.10. The number of rotatable bonds is 3. The molecule has 2 heterocycles. The molecule has 0 spiro atoms. The van der Waals surface area contributed by atoms with Crippen LogP contribution in [0.15, 0.2) is 61.2 Å². The molecule has 0 aliphatic rings. The summed E-state index contributed by atoms with van der Waals surface area (Å²) in [5.74, 6) is -0.0112. The summed E-state index contributed by atoms with van der Waals surface area (Å²) in [5, 5.41) is 0.428. The Balaban J connectivity index is 2.03. The number of pyridine rings is 1. The Bertz CT molecular complexity index is 1060. The summed E-state index contributed by atoms with van der Waals surface area (Å²) in [4.78, 5) is 14.7. The van der Waals surface area contributed by atoms with Crippen molar-refractivity contribution in [3.63, 3.8) is 0 Å². The van der Waals surface area contributed by atoms with E-state index in [2.05, 4.69) is 20.9 Å². The van der Waals surface area contributed by atoms with Crippen molar-refractivity contribution in [1.29, 1.82) is 0 Å². The van der Waals surface area contributed by atoms with Crippen LogP contribution in [0.25, 0.3) is 11.0 Å². The first-order valence-corrected chi connectivity index (χ1v) is 8.72. The van der Waals surface area contributed by atoms with E-state index in [1.54, 1.807) is 12.1 Å². The van der Waals surface area contributed by atoms with E-state index in [1.165, 1.54) is 30.5 Å². The largest absolute Gasteiger partial charge is 0.423 e. The molecule has 9 heteroatoms. The van der Waals surface area contributed by atoms with Gasteiger partial charge in [-0.15, -0.1) is 0 Å². The molecular weight excluding hydrogens is 410 g/mol. The van der Waals surface area contributed by atoms with Crippen LogP contribution in [0.2, 0.25) is 5.15 Å². The van der Waals surface area contributed by atoms with Gasteiger partial charge < -0.3 is 8.60 Å². The average Bonchev–Trinajstić information content (AvgIpc) is 2.48. The Kier molecular flexibility index (Phi) is 4.13. The lowest BCUT2D eigenvalue weighted by Gasteiger charge is -2.08. The zero-order chi connectivity index (χ0) is 16.6. The molecule has 0 aliphatic carbocycles. The van der Waals surface area contributed by atoms with Crippen molar-refractivity contribution in [2.45, 2.75) is 4.90 Å². The molecule has 0 N–H and O–H groups in total. The molecule has 0 atom stereocenters. The molecule has 6 nitrogen and oxygen atoms in total. The Morgan fingerprint density at radius 2 is 1.91 bits per heavy atom. The van der Waals surface area contributed by atoms with Crippen LogP contribution < -0.4 is 9.81 Å². The van der Waals surface area contributed by atoms with Gasteiger partial charge in [-0.2, -0.15) is 8.42 Å². The lowest BCUT2D eigenvalue weighted by atomic mass is 10.2. The van der Waals surface area contributed by atoms with Crippen molar-refractivity contribution in [3.05, 3.63) is 62.6 Å². The van der Waals surface area contributed by atoms with Gasteiger partial charge in [0.2, 0.25) is 0 Å².